The molecule has 0 spiro atoms. The lowest BCUT2D eigenvalue weighted by molar-refractivity contribution is -0.138. The first-order valence-electron chi connectivity index (χ1n) is 8.95. The monoisotopic (exact) mass is 382 g/mol. The summed E-state index contributed by atoms with van der Waals surface area (Å²) < 4.78 is 0. The number of Topliss-reactive ketones (excluding diaryl/α,β-unsaturated/α-hetero) is 1. The Morgan fingerprint density at radius 2 is 1.77 bits per heavy atom. The van der Waals surface area contributed by atoms with Crippen LogP contribution in [0, 0.1) is 20.8 Å². The summed E-state index contributed by atoms with van der Waals surface area (Å²) in [6.45, 7) is 10.7. The molecule has 1 fully saturated rings. The number of piperidine rings is 1. The number of nitrogens with zero attached hydrogens (tertiary/aromatic N) is 2. The maximum absolute atomic E-state index is 12.0. The lowest BCUT2D eigenvalue weighted by Crippen LogP contribution is -2.44. The second kappa shape index (κ2) is 9.49. The van der Waals surface area contributed by atoms with E-state index in [1.807, 2.05) is 18.9 Å². The van der Waals surface area contributed by atoms with Crippen LogP contribution in [0.25, 0.3) is 0 Å². The molecule has 0 saturated carbocycles. The van der Waals surface area contributed by atoms with Gasteiger partial charge in [0.1, 0.15) is 0 Å². The van der Waals surface area contributed by atoms with Gasteiger partial charge in [-0.15, -0.1) is 12.4 Å². The Morgan fingerprint density at radius 3 is 2.27 bits per heavy atom. The van der Waals surface area contributed by atoms with Crippen LogP contribution in [0.5, 0.6) is 0 Å². The molecule has 1 heterocycles. The summed E-state index contributed by atoms with van der Waals surface area (Å²) >= 11 is 0. The third-order valence-electron chi connectivity index (χ3n) is 5.43. The van der Waals surface area contributed by atoms with Gasteiger partial charge >= 0.3 is 5.97 Å². The summed E-state index contributed by atoms with van der Waals surface area (Å²) in [7, 11) is 1.89. The number of ketones is 1. The van der Waals surface area contributed by atoms with E-state index < -0.39 is 5.97 Å². The van der Waals surface area contributed by atoms with Crippen LogP contribution in [0.2, 0.25) is 0 Å². The summed E-state index contributed by atoms with van der Waals surface area (Å²) in [6, 6.07) is 2.45. The lowest BCUT2D eigenvalue weighted by Gasteiger charge is -2.36. The highest BCUT2D eigenvalue weighted by molar-refractivity contribution is 5.97. The quantitative estimate of drug-likeness (QED) is 0.765. The second-order valence-corrected chi connectivity index (χ2v) is 7.36. The number of aliphatic carboxylic acids is 1. The van der Waals surface area contributed by atoms with E-state index in [2.05, 4.69) is 24.8 Å². The Hall–Kier alpha value is -1.43. The van der Waals surface area contributed by atoms with Crippen LogP contribution in [0.15, 0.2) is 6.07 Å². The molecule has 0 radical (unpaired) electrons. The van der Waals surface area contributed by atoms with Crippen molar-refractivity contribution in [3.8, 4) is 0 Å². The number of likely N-dealkylation sites (N-methyl/N-ethyl adjacent to an activating group) is 1. The van der Waals surface area contributed by atoms with Crippen molar-refractivity contribution in [3.05, 3.63) is 33.9 Å². The zero-order valence-electron chi connectivity index (χ0n) is 16.5. The predicted molar refractivity (Wildman–Crippen MR) is 106 cm³/mol. The smallest absolute Gasteiger partial charge is 0.317 e. The zero-order valence-corrected chi connectivity index (χ0v) is 17.3. The van der Waals surface area contributed by atoms with Crippen LogP contribution in [0.3, 0.4) is 0 Å². The Labute approximate surface area is 162 Å². The van der Waals surface area contributed by atoms with Gasteiger partial charge in [-0.2, -0.15) is 0 Å². The molecule has 2 rings (SSSR count). The summed E-state index contributed by atoms with van der Waals surface area (Å²) in [5.74, 6) is -0.641. The van der Waals surface area contributed by atoms with Gasteiger partial charge in [0.25, 0.3) is 0 Å². The number of aryl methyl sites for hydroxylation is 2. The molecule has 0 bridgehead atoms. The molecule has 0 aliphatic carbocycles. The molecule has 5 nitrogen and oxygen atoms in total. The van der Waals surface area contributed by atoms with Crippen molar-refractivity contribution < 1.29 is 14.7 Å². The third-order valence-corrected chi connectivity index (χ3v) is 5.43. The Bertz CT molecular complexity index is 668. The molecule has 26 heavy (non-hydrogen) atoms. The van der Waals surface area contributed by atoms with E-state index in [-0.39, 0.29) is 24.7 Å². The van der Waals surface area contributed by atoms with E-state index in [9.17, 15) is 9.59 Å². The van der Waals surface area contributed by atoms with Crippen LogP contribution in [0.1, 0.15) is 52.4 Å². The minimum Gasteiger partial charge on any atom is -0.480 e. The van der Waals surface area contributed by atoms with E-state index in [1.54, 1.807) is 6.92 Å². The van der Waals surface area contributed by atoms with E-state index in [1.165, 1.54) is 11.1 Å². The molecule has 0 atom stereocenters. The number of hydrogen-bond acceptors (Lipinski definition) is 4. The van der Waals surface area contributed by atoms with Crippen molar-refractivity contribution in [2.75, 3.05) is 26.7 Å². The number of hydrogen-bond donors (Lipinski definition) is 1. The molecule has 1 saturated heterocycles. The molecule has 6 heteroatoms. The van der Waals surface area contributed by atoms with Crippen molar-refractivity contribution in [1.82, 2.24) is 9.80 Å². The Balaban J connectivity index is 0.00000338. The van der Waals surface area contributed by atoms with Crippen molar-refractivity contribution in [2.45, 2.75) is 53.1 Å². The Morgan fingerprint density at radius 1 is 1.19 bits per heavy atom. The molecule has 1 aromatic carbocycles. The van der Waals surface area contributed by atoms with Gasteiger partial charge in [0.15, 0.2) is 5.78 Å². The number of carboxylic acids is 1. The summed E-state index contributed by atoms with van der Waals surface area (Å²) in [4.78, 5) is 27.2. The summed E-state index contributed by atoms with van der Waals surface area (Å²) in [5.41, 5.74) is 5.52. The van der Waals surface area contributed by atoms with E-state index in [0.29, 0.717) is 6.04 Å². The SMILES string of the molecule is CC(=O)c1c(C)cc(C)c(CN2CCC(N(C)CC(=O)O)CC2)c1C.Cl. The first-order valence-corrected chi connectivity index (χ1v) is 8.95. The molecular weight excluding hydrogens is 352 g/mol. The van der Waals surface area contributed by atoms with Crippen molar-refractivity contribution in [3.63, 3.8) is 0 Å². The van der Waals surface area contributed by atoms with E-state index in [4.69, 9.17) is 5.11 Å². The van der Waals surface area contributed by atoms with E-state index >= 15 is 0 Å². The van der Waals surface area contributed by atoms with Crippen LogP contribution < -0.4 is 0 Å². The fourth-order valence-corrected chi connectivity index (χ4v) is 4.10. The first-order chi connectivity index (χ1) is 11.7. The van der Waals surface area contributed by atoms with Crippen LogP contribution in [-0.2, 0) is 11.3 Å². The molecular formula is C20H31ClN2O3. The van der Waals surface area contributed by atoms with Crippen LogP contribution >= 0.6 is 12.4 Å². The van der Waals surface area contributed by atoms with Crippen molar-refractivity contribution in [2.24, 2.45) is 0 Å². The number of halogens is 1. The van der Waals surface area contributed by atoms with Crippen molar-refractivity contribution in [1.29, 1.82) is 0 Å². The average molecular weight is 383 g/mol. The molecule has 0 unspecified atom stereocenters. The second-order valence-electron chi connectivity index (χ2n) is 7.36. The molecule has 146 valence electrons. The van der Waals surface area contributed by atoms with Gasteiger partial charge in [-0.25, -0.2) is 0 Å². The molecule has 0 amide bonds. The number of carboxylic acid groups (broad SMARTS) is 1. The number of carbonyl (C=O) groups is 2. The maximum Gasteiger partial charge on any atom is 0.317 e. The standard InChI is InChI=1S/C20H30N2O3.ClH/c1-13-10-14(2)20(16(4)23)15(3)18(13)11-22-8-6-17(7-9-22)21(5)12-19(24)25;/h10,17H,6-9,11-12H2,1-5H3,(H,24,25);1H. The summed E-state index contributed by atoms with van der Waals surface area (Å²) in [6.07, 6.45) is 1.96. The lowest BCUT2D eigenvalue weighted by atomic mass is 9.91. The first kappa shape index (κ1) is 22.6. The summed E-state index contributed by atoms with van der Waals surface area (Å²) in [5, 5.41) is 8.94. The van der Waals surface area contributed by atoms with Gasteiger partial charge < -0.3 is 5.11 Å². The van der Waals surface area contributed by atoms with Gasteiger partial charge in [-0.05, 0) is 82.9 Å². The topological polar surface area (TPSA) is 60.9 Å². The van der Waals surface area contributed by atoms with Crippen LogP contribution in [0.4, 0.5) is 0 Å². The number of likely N-dealkylation sites (tertiary alicyclic amines) is 1. The van der Waals surface area contributed by atoms with Crippen molar-refractivity contribution >= 4 is 24.2 Å². The molecule has 1 aliphatic heterocycles. The highest BCUT2D eigenvalue weighted by Crippen LogP contribution is 2.26. The third kappa shape index (κ3) is 5.29. The minimum atomic E-state index is -0.771. The number of carbonyl (C=O) groups excluding carboxylic acids is 1. The predicted octanol–water partition coefficient (Wildman–Crippen LogP) is 3.22. The van der Waals surface area contributed by atoms with Gasteiger partial charge in [0.05, 0.1) is 6.54 Å². The van der Waals surface area contributed by atoms with Gasteiger partial charge in [-0.1, -0.05) is 6.07 Å². The molecule has 0 aromatic heterocycles. The van der Waals surface area contributed by atoms with Gasteiger partial charge in [0, 0.05) is 18.2 Å². The minimum absolute atomic E-state index is 0. The Kier molecular flexibility index (Phi) is 8.25. The average Bonchev–Trinajstić information content (AvgIpc) is 2.50. The highest BCUT2D eigenvalue weighted by atomic mass is 35.5. The van der Waals surface area contributed by atoms with Gasteiger partial charge in [0.2, 0.25) is 0 Å². The fourth-order valence-electron chi connectivity index (χ4n) is 4.10. The largest absolute Gasteiger partial charge is 0.480 e. The normalized spacial score (nSPS) is 15.8. The molecule has 1 aromatic rings. The maximum atomic E-state index is 12.0. The molecule has 1 aliphatic rings. The van der Waals surface area contributed by atoms with E-state index in [0.717, 1.165) is 49.2 Å². The number of rotatable bonds is 6. The zero-order chi connectivity index (χ0) is 18.7. The fraction of sp³-hybridized carbons (Fsp3) is 0.600. The number of benzene rings is 1. The molecule has 1 N–H and O–H groups in total. The highest BCUT2D eigenvalue weighted by Gasteiger charge is 2.24. The van der Waals surface area contributed by atoms with Crippen LogP contribution in [-0.4, -0.2) is 59.4 Å². The van der Waals surface area contributed by atoms with Gasteiger partial charge in [-0.3, -0.25) is 19.4 Å².